The van der Waals surface area contributed by atoms with Crippen LogP contribution in [0.1, 0.15) is 119 Å². The molecule has 1 aromatic rings. The Hall–Kier alpha value is -3.74. The van der Waals surface area contributed by atoms with Crippen molar-refractivity contribution < 1.29 is 4.79 Å². The molecular formula is C41H72N6O. The SMILES string of the molecule is C=C/C(CC)=C1\C=CC(/C(C=N)=C/C)=CN1.C=N.CCC(C)C.CCC=O.CCCCC1CCC(C)C1.CNc1cnc(C)c(NC)c1. The van der Waals surface area contributed by atoms with E-state index in [1.807, 2.05) is 77.6 Å². The van der Waals surface area contributed by atoms with Crippen LogP contribution in [0, 0.1) is 35.5 Å². The summed E-state index contributed by atoms with van der Waals surface area (Å²) in [4.78, 5) is 13.4. The zero-order valence-corrected chi connectivity index (χ0v) is 32.6. The lowest BCUT2D eigenvalue weighted by Crippen LogP contribution is -2.11. The number of dihydropyridines is 1. The van der Waals surface area contributed by atoms with E-state index in [0.29, 0.717) is 6.42 Å². The van der Waals surface area contributed by atoms with Gasteiger partial charge >= 0.3 is 0 Å². The number of aromatic nitrogens is 1. The summed E-state index contributed by atoms with van der Waals surface area (Å²) in [6.45, 7) is 25.4. The normalized spacial score (nSPS) is 16.8. The van der Waals surface area contributed by atoms with Crippen molar-refractivity contribution in [2.75, 3.05) is 24.7 Å². The van der Waals surface area contributed by atoms with Crippen molar-refractivity contribution >= 4 is 30.6 Å². The molecule has 0 spiro atoms. The van der Waals surface area contributed by atoms with Gasteiger partial charge in [-0.3, -0.25) is 4.98 Å². The fourth-order valence-corrected chi connectivity index (χ4v) is 4.59. The van der Waals surface area contributed by atoms with E-state index in [-0.39, 0.29) is 0 Å². The first-order valence-corrected chi connectivity index (χ1v) is 17.8. The minimum Gasteiger partial charge on any atom is -0.387 e. The van der Waals surface area contributed by atoms with Gasteiger partial charge in [0.1, 0.15) is 6.29 Å². The Bertz CT molecular complexity index is 1120. The van der Waals surface area contributed by atoms with E-state index in [4.69, 9.17) is 10.8 Å². The summed E-state index contributed by atoms with van der Waals surface area (Å²) < 4.78 is 0. The number of nitrogens with zero attached hydrogens (tertiary/aromatic N) is 1. The second-order valence-electron chi connectivity index (χ2n) is 12.1. The molecule has 0 radical (unpaired) electrons. The first-order chi connectivity index (χ1) is 23.0. The number of pyridine rings is 1. The quantitative estimate of drug-likeness (QED) is 0.119. The molecule has 0 aromatic carbocycles. The van der Waals surface area contributed by atoms with Gasteiger partial charge in [-0.05, 0) is 80.0 Å². The summed E-state index contributed by atoms with van der Waals surface area (Å²) in [5, 5.41) is 22.1. The Morgan fingerprint density at radius 2 is 1.75 bits per heavy atom. The Balaban J connectivity index is -0.000000560. The number of aldehydes is 1. The molecule has 0 saturated heterocycles. The average Bonchev–Trinajstić information content (AvgIpc) is 3.55. The largest absolute Gasteiger partial charge is 0.387 e. The molecule has 1 aliphatic carbocycles. The van der Waals surface area contributed by atoms with Gasteiger partial charge in [0, 0.05) is 38.6 Å². The fraction of sp³-hybridized carbons (Fsp3) is 0.561. The molecular weight excluding hydrogens is 592 g/mol. The monoisotopic (exact) mass is 665 g/mol. The number of nitrogens with one attached hydrogen (secondary N) is 5. The predicted octanol–water partition coefficient (Wildman–Crippen LogP) is 11.5. The highest BCUT2D eigenvalue weighted by atomic mass is 16.1. The predicted molar refractivity (Wildman–Crippen MR) is 216 cm³/mol. The summed E-state index contributed by atoms with van der Waals surface area (Å²) >= 11 is 0. The summed E-state index contributed by atoms with van der Waals surface area (Å²) in [6.07, 6.45) is 25.6. The van der Waals surface area contributed by atoms with E-state index < -0.39 is 0 Å². The van der Waals surface area contributed by atoms with Crippen LogP contribution in [0.2, 0.25) is 0 Å². The molecule has 272 valence electrons. The highest BCUT2D eigenvalue weighted by molar-refractivity contribution is 5.84. The van der Waals surface area contributed by atoms with E-state index in [1.54, 1.807) is 0 Å². The number of hydrogen-bond donors (Lipinski definition) is 5. The third kappa shape index (κ3) is 23.6. The first-order valence-electron chi connectivity index (χ1n) is 17.8. The second kappa shape index (κ2) is 33.2. The Morgan fingerprint density at radius 3 is 2.10 bits per heavy atom. The van der Waals surface area contributed by atoms with E-state index in [2.05, 4.69) is 75.8 Å². The zero-order valence-electron chi connectivity index (χ0n) is 32.6. The van der Waals surface area contributed by atoms with Gasteiger partial charge in [-0.2, -0.15) is 0 Å². The molecule has 2 unspecified atom stereocenters. The van der Waals surface area contributed by atoms with Crippen LogP contribution in [0.25, 0.3) is 0 Å². The van der Waals surface area contributed by atoms with Crippen molar-refractivity contribution in [3.8, 4) is 0 Å². The van der Waals surface area contributed by atoms with Crippen LogP contribution in [0.3, 0.4) is 0 Å². The molecule has 2 atom stereocenters. The fourth-order valence-electron chi connectivity index (χ4n) is 4.59. The van der Waals surface area contributed by atoms with Crippen LogP contribution in [-0.4, -0.2) is 38.3 Å². The zero-order chi connectivity index (χ0) is 37.3. The van der Waals surface area contributed by atoms with Gasteiger partial charge in [-0.1, -0.05) is 112 Å². The molecule has 0 amide bonds. The lowest BCUT2D eigenvalue weighted by atomic mass is 10.00. The number of carbonyl (C=O) groups excluding carboxylic acids is 1. The van der Waals surface area contributed by atoms with Crippen LogP contribution in [0.5, 0.6) is 0 Å². The van der Waals surface area contributed by atoms with Gasteiger partial charge in [0.2, 0.25) is 0 Å². The Kier molecular flexibility index (Phi) is 33.6. The van der Waals surface area contributed by atoms with Crippen molar-refractivity contribution in [3.63, 3.8) is 0 Å². The Labute approximate surface area is 296 Å². The van der Waals surface area contributed by atoms with Crippen LogP contribution in [0.4, 0.5) is 11.4 Å². The number of rotatable bonds is 11. The van der Waals surface area contributed by atoms with Crippen LogP contribution in [0.15, 0.2) is 71.8 Å². The minimum atomic E-state index is 0.639. The number of unbranched alkanes of at least 4 members (excludes halogenated alkanes) is 1. The molecule has 7 nitrogen and oxygen atoms in total. The molecule has 5 N–H and O–H groups in total. The third-order valence-electron chi connectivity index (χ3n) is 7.98. The molecule has 1 aliphatic heterocycles. The van der Waals surface area contributed by atoms with E-state index in [9.17, 15) is 4.79 Å². The summed E-state index contributed by atoms with van der Waals surface area (Å²) in [6, 6.07) is 2.03. The maximum absolute atomic E-state index is 9.17. The standard InChI is InChI=1S/C14H18N2.C10H20.C8H13N3.C5H12.C3H6O.CH3N/c1-4-11(5-2)14-8-7-13(10-16-14)12(6-3)9-15;1-3-4-5-10-7-6-9(2)8-10;1-6-8(10-3)4-7(9-2)5-11-6;1-4-5(2)3;1-2-3-4;1-2/h4,6-10,15-16H,1,5H2,2-3H3;9-10H,3-8H2,1-2H3;4-5,9-10H,1-3H3;5H,4H2,1-3H3;3H,2H2,1H3;2H,1H2/b12-6+,14-11-,15-9?;;;;;. The molecule has 1 aromatic heterocycles. The third-order valence-corrected chi connectivity index (χ3v) is 7.98. The number of hydrogen-bond acceptors (Lipinski definition) is 7. The molecule has 2 heterocycles. The minimum absolute atomic E-state index is 0.639. The van der Waals surface area contributed by atoms with Crippen LogP contribution in [-0.2, 0) is 4.79 Å². The van der Waals surface area contributed by atoms with Crippen molar-refractivity contribution in [2.45, 2.75) is 120 Å². The van der Waals surface area contributed by atoms with E-state index in [1.165, 1.54) is 56.7 Å². The van der Waals surface area contributed by atoms with Crippen molar-refractivity contribution in [1.29, 1.82) is 10.8 Å². The molecule has 3 rings (SSSR count). The molecule has 1 saturated carbocycles. The van der Waals surface area contributed by atoms with Gasteiger partial charge < -0.3 is 31.6 Å². The van der Waals surface area contributed by atoms with Crippen molar-refractivity contribution in [3.05, 3.63) is 77.5 Å². The van der Waals surface area contributed by atoms with Gasteiger partial charge in [0.15, 0.2) is 0 Å². The molecule has 2 aliphatic rings. The van der Waals surface area contributed by atoms with Crippen molar-refractivity contribution in [2.24, 2.45) is 17.8 Å². The average molecular weight is 665 g/mol. The van der Waals surface area contributed by atoms with Gasteiger partial charge in [-0.25, -0.2) is 0 Å². The smallest absolute Gasteiger partial charge is 0.119 e. The van der Waals surface area contributed by atoms with E-state index >= 15 is 0 Å². The molecule has 0 bridgehead atoms. The lowest BCUT2D eigenvalue weighted by Gasteiger charge is -2.14. The van der Waals surface area contributed by atoms with Crippen LogP contribution < -0.4 is 16.0 Å². The summed E-state index contributed by atoms with van der Waals surface area (Å²) in [7, 11) is 3.77. The van der Waals surface area contributed by atoms with Gasteiger partial charge in [-0.15, -0.1) is 0 Å². The first kappa shape index (κ1) is 48.7. The van der Waals surface area contributed by atoms with Gasteiger partial charge in [0.05, 0.1) is 23.3 Å². The highest BCUT2D eigenvalue weighted by Gasteiger charge is 2.20. The number of allylic oxidation sites excluding steroid dienone is 7. The lowest BCUT2D eigenvalue weighted by molar-refractivity contribution is -0.107. The second-order valence-corrected chi connectivity index (χ2v) is 12.1. The maximum Gasteiger partial charge on any atom is 0.119 e. The molecule has 7 heteroatoms. The molecule has 1 fully saturated rings. The highest BCUT2D eigenvalue weighted by Crippen LogP contribution is 2.33. The van der Waals surface area contributed by atoms with Crippen LogP contribution >= 0.6 is 0 Å². The number of carbonyl (C=O) groups is 1. The van der Waals surface area contributed by atoms with Crippen molar-refractivity contribution in [1.82, 2.24) is 10.3 Å². The number of anilines is 2. The summed E-state index contributed by atoms with van der Waals surface area (Å²) in [5.74, 6) is 3.01. The molecule has 48 heavy (non-hydrogen) atoms. The van der Waals surface area contributed by atoms with Gasteiger partial charge in [0.25, 0.3) is 0 Å². The maximum atomic E-state index is 9.17. The number of aryl methyl sites for hydroxylation is 1. The van der Waals surface area contributed by atoms with E-state index in [0.717, 1.165) is 64.4 Å². The topological polar surface area (TPSA) is 114 Å². The Morgan fingerprint density at radius 1 is 1.12 bits per heavy atom. The summed E-state index contributed by atoms with van der Waals surface area (Å²) in [5.41, 5.74) is 7.34.